The van der Waals surface area contributed by atoms with Gasteiger partial charge in [0.2, 0.25) is 5.91 Å². The van der Waals surface area contributed by atoms with Crippen LogP contribution in [0.4, 0.5) is 0 Å². The van der Waals surface area contributed by atoms with Gasteiger partial charge < -0.3 is 4.90 Å². The molecule has 2 aliphatic heterocycles. The molecular weight excluding hydrogens is 274 g/mol. The minimum absolute atomic E-state index is 0.00228. The molecule has 114 valence electrons. The SMILES string of the molecule is O=C(C1CCCCS1(=O)=O)N1CCCC12CCCCC2. The van der Waals surface area contributed by atoms with Crippen molar-refractivity contribution in [2.45, 2.75) is 75.0 Å². The van der Waals surface area contributed by atoms with Gasteiger partial charge in [0, 0.05) is 12.1 Å². The van der Waals surface area contributed by atoms with Crippen LogP contribution in [0.5, 0.6) is 0 Å². The largest absolute Gasteiger partial charge is 0.336 e. The third kappa shape index (κ3) is 2.38. The molecule has 0 aromatic carbocycles. The quantitative estimate of drug-likeness (QED) is 0.746. The number of sulfone groups is 1. The van der Waals surface area contributed by atoms with Gasteiger partial charge in [-0.05, 0) is 38.5 Å². The van der Waals surface area contributed by atoms with Crippen molar-refractivity contribution in [3.05, 3.63) is 0 Å². The molecule has 1 amide bonds. The molecule has 4 nitrogen and oxygen atoms in total. The zero-order chi connectivity index (χ0) is 14.2. The van der Waals surface area contributed by atoms with Crippen LogP contribution in [0.25, 0.3) is 0 Å². The van der Waals surface area contributed by atoms with Gasteiger partial charge in [0.15, 0.2) is 9.84 Å². The summed E-state index contributed by atoms with van der Waals surface area (Å²) in [5.41, 5.74) is 0.00228. The van der Waals surface area contributed by atoms with Gasteiger partial charge in [-0.15, -0.1) is 0 Å². The second kappa shape index (κ2) is 5.32. The number of likely N-dealkylation sites (tertiary alicyclic amines) is 1. The first kappa shape index (κ1) is 14.4. The Morgan fingerprint density at radius 1 is 0.950 bits per heavy atom. The van der Waals surface area contributed by atoms with Gasteiger partial charge in [-0.1, -0.05) is 25.7 Å². The number of nitrogens with zero attached hydrogens (tertiary/aromatic N) is 1. The van der Waals surface area contributed by atoms with Crippen molar-refractivity contribution >= 4 is 15.7 Å². The molecule has 1 saturated carbocycles. The summed E-state index contributed by atoms with van der Waals surface area (Å²) in [6.45, 7) is 0.769. The van der Waals surface area contributed by atoms with E-state index in [9.17, 15) is 13.2 Å². The summed E-state index contributed by atoms with van der Waals surface area (Å²) >= 11 is 0. The summed E-state index contributed by atoms with van der Waals surface area (Å²) in [5, 5.41) is -0.742. The lowest BCUT2D eigenvalue weighted by Gasteiger charge is -2.43. The Morgan fingerprint density at radius 3 is 2.35 bits per heavy atom. The molecule has 2 saturated heterocycles. The summed E-state index contributed by atoms with van der Waals surface area (Å²) in [6.07, 6.45) is 10.0. The summed E-state index contributed by atoms with van der Waals surface area (Å²) in [7, 11) is -3.21. The standard InChI is InChI=1S/C15H25NO3S/c17-14(13-7-2-5-12-20(13,18)19)16-11-6-10-15(16)8-3-1-4-9-15/h13H,1-12H2. The van der Waals surface area contributed by atoms with Crippen LogP contribution in [0.2, 0.25) is 0 Å². The van der Waals surface area contributed by atoms with Crippen molar-refractivity contribution < 1.29 is 13.2 Å². The van der Waals surface area contributed by atoms with Crippen LogP contribution in [0.3, 0.4) is 0 Å². The second-order valence-corrected chi connectivity index (χ2v) is 9.03. The Balaban J connectivity index is 1.82. The fraction of sp³-hybridized carbons (Fsp3) is 0.933. The monoisotopic (exact) mass is 299 g/mol. The maximum atomic E-state index is 12.8. The van der Waals surface area contributed by atoms with Crippen LogP contribution >= 0.6 is 0 Å². The van der Waals surface area contributed by atoms with E-state index >= 15 is 0 Å². The normalized spacial score (nSPS) is 32.4. The first-order valence-corrected chi connectivity index (χ1v) is 9.80. The zero-order valence-corrected chi connectivity index (χ0v) is 13.0. The first-order valence-electron chi connectivity index (χ1n) is 8.08. The topological polar surface area (TPSA) is 54.5 Å². The first-order chi connectivity index (χ1) is 9.55. The van der Waals surface area contributed by atoms with Crippen LogP contribution in [-0.4, -0.2) is 42.3 Å². The average Bonchev–Trinajstić information content (AvgIpc) is 2.81. The van der Waals surface area contributed by atoms with E-state index in [-0.39, 0.29) is 17.2 Å². The molecule has 1 aliphatic carbocycles. The molecule has 1 atom stereocenters. The molecule has 3 rings (SSSR count). The van der Waals surface area contributed by atoms with Crippen molar-refractivity contribution in [3.63, 3.8) is 0 Å². The minimum atomic E-state index is -3.21. The molecule has 2 heterocycles. The molecule has 0 N–H and O–H groups in total. The van der Waals surface area contributed by atoms with E-state index < -0.39 is 15.1 Å². The van der Waals surface area contributed by atoms with Crippen molar-refractivity contribution in [1.29, 1.82) is 0 Å². The van der Waals surface area contributed by atoms with E-state index in [2.05, 4.69) is 0 Å². The number of carbonyl (C=O) groups excluding carboxylic acids is 1. The Hall–Kier alpha value is -0.580. The highest BCUT2D eigenvalue weighted by Gasteiger charge is 2.48. The highest BCUT2D eigenvalue weighted by molar-refractivity contribution is 7.92. The van der Waals surface area contributed by atoms with Crippen molar-refractivity contribution in [2.75, 3.05) is 12.3 Å². The lowest BCUT2D eigenvalue weighted by atomic mass is 9.79. The molecular formula is C15H25NO3S. The number of hydrogen-bond donors (Lipinski definition) is 0. The lowest BCUT2D eigenvalue weighted by Crippen LogP contribution is -2.54. The predicted octanol–water partition coefficient (Wildman–Crippen LogP) is 2.28. The van der Waals surface area contributed by atoms with Crippen LogP contribution in [0.15, 0.2) is 0 Å². The van der Waals surface area contributed by atoms with Gasteiger partial charge in [0.25, 0.3) is 0 Å². The van der Waals surface area contributed by atoms with E-state index in [1.807, 2.05) is 4.90 Å². The third-order valence-electron chi connectivity index (χ3n) is 5.50. The van der Waals surface area contributed by atoms with Crippen LogP contribution in [0.1, 0.15) is 64.2 Å². The van der Waals surface area contributed by atoms with Crippen molar-refractivity contribution in [3.8, 4) is 0 Å². The van der Waals surface area contributed by atoms with E-state index in [0.717, 1.165) is 45.1 Å². The summed E-state index contributed by atoms with van der Waals surface area (Å²) in [5.74, 6) is 0.119. The Labute approximate surface area is 121 Å². The van der Waals surface area contributed by atoms with Crippen molar-refractivity contribution in [1.82, 2.24) is 4.90 Å². The summed E-state index contributed by atoms with van der Waals surface area (Å²) in [4.78, 5) is 14.8. The molecule has 20 heavy (non-hydrogen) atoms. The molecule has 0 aromatic heterocycles. The Kier molecular flexibility index (Phi) is 3.82. The molecule has 5 heteroatoms. The van der Waals surface area contributed by atoms with E-state index in [1.54, 1.807) is 0 Å². The average molecular weight is 299 g/mol. The van der Waals surface area contributed by atoms with Gasteiger partial charge >= 0.3 is 0 Å². The number of rotatable bonds is 1. The highest BCUT2D eigenvalue weighted by atomic mass is 32.2. The predicted molar refractivity (Wildman–Crippen MR) is 78.2 cm³/mol. The highest BCUT2D eigenvalue weighted by Crippen LogP contribution is 2.42. The molecule has 1 spiro atoms. The van der Waals surface area contributed by atoms with Gasteiger partial charge in [0.1, 0.15) is 5.25 Å². The lowest BCUT2D eigenvalue weighted by molar-refractivity contribution is -0.136. The maximum absolute atomic E-state index is 12.8. The number of hydrogen-bond acceptors (Lipinski definition) is 3. The molecule has 0 aromatic rings. The maximum Gasteiger partial charge on any atom is 0.241 e. The number of amides is 1. The summed E-state index contributed by atoms with van der Waals surface area (Å²) in [6, 6.07) is 0. The van der Waals surface area contributed by atoms with E-state index in [4.69, 9.17) is 0 Å². The smallest absolute Gasteiger partial charge is 0.241 e. The van der Waals surface area contributed by atoms with Gasteiger partial charge in [0.05, 0.1) is 5.75 Å². The zero-order valence-electron chi connectivity index (χ0n) is 12.1. The Bertz CT molecular complexity index is 479. The van der Waals surface area contributed by atoms with E-state index in [1.165, 1.54) is 19.3 Å². The number of carbonyl (C=O) groups is 1. The van der Waals surface area contributed by atoms with Crippen LogP contribution in [-0.2, 0) is 14.6 Å². The molecule has 3 fully saturated rings. The van der Waals surface area contributed by atoms with Crippen LogP contribution in [0, 0.1) is 0 Å². The Morgan fingerprint density at radius 2 is 1.65 bits per heavy atom. The van der Waals surface area contributed by atoms with Gasteiger partial charge in [-0.2, -0.15) is 0 Å². The van der Waals surface area contributed by atoms with Gasteiger partial charge in [-0.25, -0.2) is 8.42 Å². The second-order valence-electron chi connectivity index (χ2n) is 6.73. The van der Waals surface area contributed by atoms with Crippen LogP contribution < -0.4 is 0 Å². The summed E-state index contributed by atoms with van der Waals surface area (Å²) < 4.78 is 24.4. The van der Waals surface area contributed by atoms with E-state index in [0.29, 0.717) is 6.42 Å². The molecule has 0 radical (unpaired) electrons. The fourth-order valence-corrected chi connectivity index (χ4v) is 6.27. The van der Waals surface area contributed by atoms with Gasteiger partial charge in [-0.3, -0.25) is 4.79 Å². The third-order valence-corrected chi connectivity index (χ3v) is 7.66. The van der Waals surface area contributed by atoms with Crippen molar-refractivity contribution in [2.24, 2.45) is 0 Å². The fourth-order valence-electron chi connectivity index (χ4n) is 4.42. The molecule has 1 unspecified atom stereocenters. The minimum Gasteiger partial charge on any atom is -0.336 e. The molecule has 3 aliphatic rings. The molecule has 0 bridgehead atoms.